The third-order valence-corrected chi connectivity index (χ3v) is 1.69. The van der Waals surface area contributed by atoms with Gasteiger partial charge in [-0.15, -0.1) is 12.4 Å². The summed E-state index contributed by atoms with van der Waals surface area (Å²) in [5.74, 6) is 0. The summed E-state index contributed by atoms with van der Waals surface area (Å²) in [6.07, 6.45) is 3.74. The van der Waals surface area contributed by atoms with E-state index in [0.29, 0.717) is 12.1 Å². The first-order valence-corrected chi connectivity index (χ1v) is 3.70. The van der Waals surface area contributed by atoms with Crippen molar-refractivity contribution in [1.82, 2.24) is 0 Å². The van der Waals surface area contributed by atoms with Crippen LogP contribution in [0.1, 0.15) is 26.2 Å². The molecule has 1 aliphatic carbocycles. The molecule has 1 aliphatic rings. The fraction of sp³-hybridized carbons (Fsp3) is 1.00. The highest BCUT2D eigenvalue weighted by molar-refractivity contribution is 5.85. The van der Waals surface area contributed by atoms with Crippen LogP contribution in [0.2, 0.25) is 0 Å². The smallest absolute Gasteiger partial charge is 0.0604 e. The van der Waals surface area contributed by atoms with Crippen molar-refractivity contribution in [2.45, 2.75) is 38.3 Å². The Morgan fingerprint density at radius 2 is 2.10 bits per heavy atom. The van der Waals surface area contributed by atoms with Gasteiger partial charge in [0.15, 0.2) is 0 Å². The van der Waals surface area contributed by atoms with E-state index < -0.39 is 0 Å². The summed E-state index contributed by atoms with van der Waals surface area (Å²) in [7, 11) is 0. The van der Waals surface area contributed by atoms with Gasteiger partial charge in [-0.1, -0.05) is 6.92 Å². The maximum absolute atomic E-state index is 5.56. The average molecular weight is 166 g/mol. The van der Waals surface area contributed by atoms with Crippen LogP contribution in [0.4, 0.5) is 0 Å². The van der Waals surface area contributed by atoms with Crippen molar-refractivity contribution in [3.63, 3.8) is 0 Å². The van der Waals surface area contributed by atoms with Gasteiger partial charge in [0, 0.05) is 12.6 Å². The largest absolute Gasteiger partial charge is 0.378 e. The van der Waals surface area contributed by atoms with E-state index in [1.165, 1.54) is 0 Å². The van der Waals surface area contributed by atoms with Gasteiger partial charge in [0.25, 0.3) is 0 Å². The van der Waals surface area contributed by atoms with Crippen molar-refractivity contribution in [3.8, 4) is 0 Å². The van der Waals surface area contributed by atoms with Crippen molar-refractivity contribution < 1.29 is 4.74 Å². The van der Waals surface area contributed by atoms with E-state index in [2.05, 4.69) is 6.92 Å². The minimum Gasteiger partial charge on any atom is -0.378 e. The topological polar surface area (TPSA) is 35.2 Å². The van der Waals surface area contributed by atoms with E-state index in [-0.39, 0.29) is 12.4 Å². The molecule has 10 heavy (non-hydrogen) atoms. The van der Waals surface area contributed by atoms with Gasteiger partial charge < -0.3 is 10.5 Å². The first kappa shape index (κ1) is 10.2. The summed E-state index contributed by atoms with van der Waals surface area (Å²) in [5, 5.41) is 0. The Bertz CT molecular complexity index is 83.7. The number of halogens is 1. The normalized spacial score (nSPS) is 30.6. The van der Waals surface area contributed by atoms with Crippen molar-refractivity contribution in [2.75, 3.05) is 6.61 Å². The Morgan fingerprint density at radius 3 is 2.50 bits per heavy atom. The summed E-state index contributed by atoms with van der Waals surface area (Å²) in [5.41, 5.74) is 5.56. The Kier molecular flexibility index (Phi) is 5.04. The standard InChI is InChI=1S/C7H15NO.ClH/c1-2-3-9-7-4-6(8)5-7;/h6-7H,2-5,8H2,1H3;1H. The molecule has 1 saturated carbocycles. The number of hydrogen-bond acceptors (Lipinski definition) is 2. The first-order chi connectivity index (χ1) is 4.33. The van der Waals surface area contributed by atoms with Gasteiger partial charge >= 0.3 is 0 Å². The van der Waals surface area contributed by atoms with Crippen LogP contribution in [0.15, 0.2) is 0 Å². The van der Waals surface area contributed by atoms with Crippen LogP contribution >= 0.6 is 12.4 Å². The highest BCUT2D eigenvalue weighted by Crippen LogP contribution is 2.20. The van der Waals surface area contributed by atoms with Crippen LogP contribution in [0.25, 0.3) is 0 Å². The third kappa shape index (κ3) is 2.86. The molecule has 0 amide bonds. The minimum atomic E-state index is 0. The zero-order valence-corrected chi connectivity index (χ0v) is 7.19. The molecule has 0 aromatic rings. The summed E-state index contributed by atoms with van der Waals surface area (Å²) in [4.78, 5) is 0. The van der Waals surface area contributed by atoms with Crippen LogP contribution in [0, 0.1) is 0 Å². The van der Waals surface area contributed by atoms with Gasteiger partial charge in [0.1, 0.15) is 0 Å². The molecule has 1 rings (SSSR count). The average Bonchev–Trinajstić information content (AvgIpc) is 1.78. The maximum atomic E-state index is 5.56. The molecule has 2 N–H and O–H groups in total. The van der Waals surface area contributed by atoms with Gasteiger partial charge in [-0.25, -0.2) is 0 Å². The zero-order chi connectivity index (χ0) is 6.69. The molecule has 62 valence electrons. The number of hydrogen-bond donors (Lipinski definition) is 1. The lowest BCUT2D eigenvalue weighted by Crippen LogP contribution is -2.41. The second-order valence-electron chi connectivity index (χ2n) is 2.72. The molecule has 3 heteroatoms. The van der Waals surface area contributed by atoms with Gasteiger partial charge in [-0.2, -0.15) is 0 Å². The van der Waals surface area contributed by atoms with Crippen LogP contribution in [-0.4, -0.2) is 18.8 Å². The maximum Gasteiger partial charge on any atom is 0.0604 e. The van der Waals surface area contributed by atoms with Crippen LogP contribution in [-0.2, 0) is 4.74 Å². The first-order valence-electron chi connectivity index (χ1n) is 3.70. The second kappa shape index (κ2) is 4.94. The third-order valence-electron chi connectivity index (χ3n) is 1.69. The molecule has 0 bridgehead atoms. The van der Waals surface area contributed by atoms with Gasteiger partial charge in [0.05, 0.1) is 6.10 Å². The number of nitrogens with two attached hydrogens (primary N) is 1. The molecule has 1 fully saturated rings. The molecule has 0 heterocycles. The summed E-state index contributed by atoms with van der Waals surface area (Å²) in [6, 6.07) is 0.423. The molecule has 0 atom stereocenters. The van der Waals surface area contributed by atoms with E-state index in [1.807, 2.05) is 0 Å². The Morgan fingerprint density at radius 1 is 1.50 bits per heavy atom. The highest BCUT2D eigenvalue weighted by Gasteiger charge is 2.25. The SMILES string of the molecule is CCCOC1CC(N)C1.Cl. The fourth-order valence-corrected chi connectivity index (χ4v) is 1.03. The van der Waals surface area contributed by atoms with Crippen LogP contribution < -0.4 is 5.73 Å². The summed E-state index contributed by atoms with van der Waals surface area (Å²) in [6.45, 7) is 3.02. The van der Waals surface area contributed by atoms with Gasteiger partial charge in [0.2, 0.25) is 0 Å². The van der Waals surface area contributed by atoms with E-state index >= 15 is 0 Å². The molecule has 0 unspecified atom stereocenters. The lowest BCUT2D eigenvalue weighted by atomic mass is 9.90. The molecule has 0 aromatic carbocycles. The Balaban J connectivity index is 0.000000810. The van der Waals surface area contributed by atoms with Gasteiger partial charge in [-0.05, 0) is 19.3 Å². The van der Waals surface area contributed by atoms with Crippen LogP contribution in [0.3, 0.4) is 0 Å². The van der Waals surface area contributed by atoms with Crippen molar-refractivity contribution in [3.05, 3.63) is 0 Å². The van der Waals surface area contributed by atoms with Crippen LogP contribution in [0.5, 0.6) is 0 Å². The van der Waals surface area contributed by atoms with E-state index in [1.54, 1.807) is 0 Å². The number of ether oxygens (including phenoxy) is 1. The molecule has 0 aromatic heterocycles. The molecular weight excluding hydrogens is 150 g/mol. The second-order valence-corrected chi connectivity index (χ2v) is 2.72. The van der Waals surface area contributed by atoms with Crippen molar-refractivity contribution in [2.24, 2.45) is 5.73 Å². The predicted octanol–water partition coefficient (Wildman–Crippen LogP) is 1.32. The minimum absolute atomic E-state index is 0. The van der Waals surface area contributed by atoms with Crippen molar-refractivity contribution >= 4 is 12.4 Å². The zero-order valence-electron chi connectivity index (χ0n) is 6.38. The van der Waals surface area contributed by atoms with E-state index in [0.717, 1.165) is 25.9 Å². The monoisotopic (exact) mass is 165 g/mol. The molecule has 0 radical (unpaired) electrons. The molecule has 2 nitrogen and oxygen atoms in total. The Labute approximate surface area is 68.5 Å². The van der Waals surface area contributed by atoms with Crippen molar-refractivity contribution in [1.29, 1.82) is 0 Å². The molecule has 0 spiro atoms. The quantitative estimate of drug-likeness (QED) is 0.685. The molecular formula is C7H16ClNO. The predicted molar refractivity (Wildman–Crippen MR) is 44.5 cm³/mol. The fourth-order valence-electron chi connectivity index (χ4n) is 1.03. The number of rotatable bonds is 3. The molecule has 0 saturated heterocycles. The summed E-state index contributed by atoms with van der Waals surface area (Å²) >= 11 is 0. The highest BCUT2D eigenvalue weighted by atomic mass is 35.5. The van der Waals surface area contributed by atoms with E-state index in [4.69, 9.17) is 10.5 Å². The molecule has 0 aliphatic heterocycles. The Hall–Kier alpha value is 0.210. The lowest BCUT2D eigenvalue weighted by molar-refractivity contribution is -0.00780. The summed E-state index contributed by atoms with van der Waals surface area (Å²) < 4.78 is 5.42. The lowest BCUT2D eigenvalue weighted by Gasteiger charge is -2.31. The van der Waals surface area contributed by atoms with E-state index in [9.17, 15) is 0 Å². The van der Waals surface area contributed by atoms with Gasteiger partial charge in [-0.3, -0.25) is 0 Å².